The van der Waals surface area contributed by atoms with Crippen LogP contribution < -0.4 is 38.9 Å². The second-order valence-corrected chi connectivity index (χ2v) is 16.5. The fraction of sp³-hybridized carbons (Fsp3) is 0.269. The molecule has 69 heavy (non-hydrogen) atoms. The molecule has 0 saturated carbocycles. The van der Waals surface area contributed by atoms with E-state index in [-0.39, 0.29) is 42.4 Å². The maximum atomic E-state index is 11.2. The van der Waals surface area contributed by atoms with Crippen molar-refractivity contribution in [3.8, 4) is 22.5 Å². The zero-order valence-electron chi connectivity index (χ0n) is 41.1. The maximum absolute atomic E-state index is 11.2. The number of hydrogen-bond acceptors (Lipinski definition) is 17. The molecular formula is C52H65N15O2. The van der Waals surface area contributed by atoms with Gasteiger partial charge in [-0.1, -0.05) is 60.5 Å². The van der Waals surface area contributed by atoms with Crippen LogP contribution in [0.25, 0.3) is 44.6 Å². The first-order valence-corrected chi connectivity index (χ1v) is 21.7. The number of nitrogens with two attached hydrogens (primary N) is 4. The van der Waals surface area contributed by atoms with Gasteiger partial charge in [0.05, 0.1) is 27.7 Å². The van der Waals surface area contributed by atoms with E-state index >= 15 is 0 Å². The number of ketones is 1. The van der Waals surface area contributed by atoms with Crippen LogP contribution in [0.5, 0.6) is 0 Å². The van der Waals surface area contributed by atoms with Crippen LogP contribution in [0.3, 0.4) is 0 Å². The van der Waals surface area contributed by atoms with Crippen molar-refractivity contribution in [2.24, 2.45) is 0 Å². The summed E-state index contributed by atoms with van der Waals surface area (Å²) in [6.45, 7) is 20.3. The molecule has 8 aromatic rings. The topological polar surface area (TPSA) is 277 Å². The number of pyridine rings is 2. The Morgan fingerprint density at radius 1 is 0.478 bits per heavy atom. The van der Waals surface area contributed by atoms with Crippen LogP contribution in [0.15, 0.2) is 60.7 Å². The number of nitrogens with zero attached hydrogens (tertiary/aromatic N) is 8. The summed E-state index contributed by atoms with van der Waals surface area (Å²) in [7, 11) is 5.24. The van der Waals surface area contributed by atoms with Gasteiger partial charge in [0.15, 0.2) is 23.4 Å². The number of carbonyl (C=O) groups excluding carboxylic acids is 2. The molecule has 0 saturated heterocycles. The second kappa shape index (κ2) is 22.9. The molecule has 360 valence electrons. The lowest BCUT2D eigenvalue weighted by Crippen LogP contribution is -2.08. The Labute approximate surface area is 404 Å². The van der Waals surface area contributed by atoms with Crippen LogP contribution in [0, 0.1) is 62.3 Å². The van der Waals surface area contributed by atoms with E-state index in [0.717, 1.165) is 50.0 Å². The zero-order valence-corrected chi connectivity index (χ0v) is 41.1. The zero-order chi connectivity index (χ0) is 50.1. The quantitative estimate of drug-likeness (QED) is 0.0579. The van der Waals surface area contributed by atoms with Crippen LogP contribution in [0.1, 0.15) is 85.1 Å². The number of aromatic nitrogens is 8. The number of aldehydes is 1. The molecule has 0 atom stereocenters. The van der Waals surface area contributed by atoms with Gasteiger partial charge in [-0.15, -0.1) is 0 Å². The smallest absolute Gasteiger partial charge is 0.224 e. The lowest BCUT2D eigenvalue weighted by Gasteiger charge is -2.12. The Morgan fingerprint density at radius 2 is 0.812 bits per heavy atom. The Kier molecular flexibility index (Phi) is 17.7. The van der Waals surface area contributed by atoms with Crippen molar-refractivity contribution in [2.75, 3.05) is 60.0 Å². The van der Waals surface area contributed by atoms with Crippen molar-refractivity contribution in [2.45, 2.75) is 76.7 Å². The van der Waals surface area contributed by atoms with Crippen molar-refractivity contribution >= 4 is 75.3 Å². The summed E-state index contributed by atoms with van der Waals surface area (Å²) in [5, 5.41) is 10.5. The van der Waals surface area contributed by atoms with Crippen molar-refractivity contribution in [3.63, 3.8) is 0 Å². The van der Waals surface area contributed by atoms with E-state index in [2.05, 4.69) is 112 Å². The number of anilines is 7. The second-order valence-electron chi connectivity index (χ2n) is 16.5. The monoisotopic (exact) mass is 932 g/mol. The molecule has 11 N–H and O–H groups in total. The summed E-state index contributed by atoms with van der Waals surface area (Å²) in [6.07, 6.45) is 0.584. The number of benzene rings is 3. The molecule has 5 heterocycles. The van der Waals surface area contributed by atoms with Gasteiger partial charge in [0.1, 0.15) is 23.3 Å². The van der Waals surface area contributed by atoms with E-state index in [4.69, 9.17) is 32.9 Å². The molecule has 0 spiro atoms. The number of rotatable bonds is 7. The lowest BCUT2D eigenvalue weighted by molar-refractivity contribution is 0.101. The highest BCUT2D eigenvalue weighted by molar-refractivity contribution is 5.97. The predicted octanol–water partition coefficient (Wildman–Crippen LogP) is 9.43. The molecule has 0 bridgehead atoms. The molecular weight excluding hydrogens is 867 g/mol. The summed E-state index contributed by atoms with van der Waals surface area (Å²) in [5.74, 6) is 2.46. The van der Waals surface area contributed by atoms with E-state index in [9.17, 15) is 9.59 Å². The van der Waals surface area contributed by atoms with Crippen molar-refractivity contribution in [1.82, 2.24) is 39.9 Å². The molecule has 3 aromatic carbocycles. The molecule has 0 unspecified atom stereocenters. The van der Waals surface area contributed by atoms with Crippen molar-refractivity contribution < 1.29 is 9.59 Å². The van der Waals surface area contributed by atoms with Gasteiger partial charge >= 0.3 is 0 Å². The normalized spacial score (nSPS) is 10.3. The average molecular weight is 932 g/mol. The number of nitrogens with one attached hydrogen (secondary N) is 3. The fourth-order valence-electron chi connectivity index (χ4n) is 8.43. The van der Waals surface area contributed by atoms with E-state index in [0.29, 0.717) is 35.0 Å². The van der Waals surface area contributed by atoms with Crippen LogP contribution in [-0.4, -0.2) is 73.1 Å². The van der Waals surface area contributed by atoms with E-state index in [1.54, 1.807) is 14.0 Å². The third-order valence-corrected chi connectivity index (χ3v) is 10.9. The van der Waals surface area contributed by atoms with Gasteiger partial charge in [-0.2, -0.15) is 29.9 Å². The Balaban J connectivity index is 0.000000208. The molecule has 17 heteroatoms. The van der Waals surface area contributed by atoms with Crippen LogP contribution in [-0.2, 0) is 0 Å². The SMILES string of the molecule is C.CC(=O)c1c(C)cc(C)cc1C.CNc1nc(N)nc(N)c1C=O.CNc1nc(N)nc2nc(-c3c(C)cc(C)cc3C)ccc12.CNc1nc(N)nc2nc(-c3c(C)cc(C)cc3C)ccc12. The molecule has 0 radical (unpaired) electrons. The van der Waals surface area contributed by atoms with Crippen molar-refractivity contribution in [1.29, 1.82) is 0 Å². The van der Waals surface area contributed by atoms with Crippen LogP contribution in [0.2, 0.25) is 0 Å². The highest BCUT2D eigenvalue weighted by atomic mass is 16.1. The Morgan fingerprint density at radius 3 is 1.14 bits per heavy atom. The molecule has 0 fully saturated rings. The van der Waals surface area contributed by atoms with Crippen LogP contribution in [0.4, 0.5) is 41.1 Å². The number of nitrogen functional groups attached to an aromatic ring is 4. The third-order valence-electron chi connectivity index (χ3n) is 10.9. The first-order valence-electron chi connectivity index (χ1n) is 21.7. The summed E-state index contributed by atoms with van der Waals surface area (Å²) in [6, 6.07) is 20.8. The van der Waals surface area contributed by atoms with Gasteiger partial charge in [-0.25, -0.2) is 9.97 Å². The number of hydrogen-bond donors (Lipinski definition) is 7. The number of aryl methyl sites for hydroxylation is 9. The van der Waals surface area contributed by atoms with Gasteiger partial charge in [0.25, 0.3) is 0 Å². The van der Waals surface area contributed by atoms with Crippen molar-refractivity contribution in [3.05, 3.63) is 122 Å². The number of fused-ring (bicyclic) bond motifs is 2. The number of Topliss-reactive ketones (excluding diaryl/α,β-unsaturated/α-hetero) is 1. The van der Waals surface area contributed by atoms with Gasteiger partial charge in [-0.3, -0.25) is 9.59 Å². The molecule has 0 aliphatic heterocycles. The molecule has 0 amide bonds. The summed E-state index contributed by atoms with van der Waals surface area (Å²) in [5.41, 5.74) is 39.4. The highest BCUT2D eigenvalue weighted by Crippen LogP contribution is 2.31. The highest BCUT2D eigenvalue weighted by Gasteiger charge is 2.15. The first kappa shape index (κ1) is 53.3. The largest absolute Gasteiger partial charge is 0.383 e. The van der Waals surface area contributed by atoms with Gasteiger partial charge in [-0.05, 0) is 127 Å². The summed E-state index contributed by atoms with van der Waals surface area (Å²) < 4.78 is 0. The van der Waals surface area contributed by atoms with E-state index < -0.39 is 0 Å². The molecule has 17 nitrogen and oxygen atoms in total. The molecule has 8 rings (SSSR count). The first-order chi connectivity index (χ1) is 32.2. The molecule has 5 aromatic heterocycles. The van der Waals surface area contributed by atoms with Crippen LogP contribution >= 0.6 is 0 Å². The lowest BCUT2D eigenvalue weighted by atomic mass is 9.97. The standard InChI is InChI=1S/2C17H19N5.C11H14O.C6H9N5O.CH4/c2*1-9-7-10(2)14(11(3)8-9)13-6-5-12-15(19-4)21-17(18)22-16(12)20-13;1-7-5-8(2)11(10(4)12)9(3)6-7;1-9-5-3(2-12)4(7)10-6(8)11-5;/h2*5-8H,1-4H3,(H3,18,19,20,21,22);5-6H,1-4H3;2H,1H3,(H5,7,8,9,10,11);1H4. The minimum absolute atomic E-state index is 0. The molecule has 0 aliphatic rings. The fourth-order valence-corrected chi connectivity index (χ4v) is 8.43. The Hall–Kier alpha value is -8.34. The third kappa shape index (κ3) is 12.6. The van der Waals surface area contributed by atoms with Gasteiger partial charge in [0.2, 0.25) is 17.8 Å². The average Bonchev–Trinajstić information content (AvgIpc) is 3.24. The number of carbonyl (C=O) groups is 2. The molecule has 0 aliphatic carbocycles. The predicted molar refractivity (Wildman–Crippen MR) is 285 cm³/mol. The summed E-state index contributed by atoms with van der Waals surface area (Å²) >= 11 is 0. The van der Waals surface area contributed by atoms with E-state index in [1.807, 2.05) is 71.3 Å². The summed E-state index contributed by atoms with van der Waals surface area (Å²) in [4.78, 5) is 55.4. The Bertz CT molecular complexity index is 2970. The van der Waals surface area contributed by atoms with E-state index in [1.165, 1.54) is 38.9 Å². The van der Waals surface area contributed by atoms with Gasteiger partial charge < -0.3 is 38.9 Å². The minimum Gasteiger partial charge on any atom is -0.383 e. The maximum Gasteiger partial charge on any atom is 0.224 e. The van der Waals surface area contributed by atoms with Gasteiger partial charge in [0, 0.05) is 37.8 Å². The minimum atomic E-state index is 0.